The second kappa shape index (κ2) is 6.52. The minimum Gasteiger partial charge on any atom is -0.440 e. The number of ether oxygens (including phenoxy) is 2. The van der Waals surface area contributed by atoms with E-state index in [2.05, 4.69) is 4.74 Å². The van der Waals surface area contributed by atoms with Gasteiger partial charge in [-0.25, -0.2) is 0 Å². The number of rotatable bonds is 7. The van der Waals surface area contributed by atoms with Crippen LogP contribution in [0.1, 0.15) is 5.56 Å². The SMILES string of the molecule is O=COCOC(Cc1ccccc1)[N+](=O)[O-]. The molecule has 1 unspecified atom stereocenters. The first-order chi connectivity index (χ1) is 7.74. The van der Waals surface area contributed by atoms with Crippen LogP contribution in [0, 0.1) is 10.1 Å². The fourth-order valence-electron chi connectivity index (χ4n) is 1.16. The molecule has 0 aromatic heterocycles. The van der Waals surface area contributed by atoms with Gasteiger partial charge in [-0.05, 0) is 5.56 Å². The summed E-state index contributed by atoms with van der Waals surface area (Å²) in [5.41, 5.74) is 0.787. The van der Waals surface area contributed by atoms with Crippen LogP contribution in [0.3, 0.4) is 0 Å². The van der Waals surface area contributed by atoms with Crippen LogP contribution in [-0.4, -0.2) is 24.4 Å². The first-order valence-corrected chi connectivity index (χ1v) is 4.58. The van der Waals surface area contributed by atoms with Gasteiger partial charge in [0.2, 0.25) is 0 Å². The molecule has 1 aromatic carbocycles. The summed E-state index contributed by atoms with van der Waals surface area (Å²) in [6.07, 6.45) is -1.07. The van der Waals surface area contributed by atoms with Crippen LogP contribution in [0.4, 0.5) is 0 Å². The first kappa shape index (κ1) is 12.1. The zero-order chi connectivity index (χ0) is 11.8. The molecule has 16 heavy (non-hydrogen) atoms. The summed E-state index contributed by atoms with van der Waals surface area (Å²) in [5.74, 6) is 0. The molecule has 0 aliphatic rings. The second-order valence-corrected chi connectivity index (χ2v) is 2.98. The third-order valence-corrected chi connectivity index (χ3v) is 1.88. The lowest BCUT2D eigenvalue weighted by Crippen LogP contribution is -2.26. The molecule has 0 amide bonds. The molecule has 0 saturated carbocycles. The highest BCUT2D eigenvalue weighted by atomic mass is 16.7. The highest BCUT2D eigenvalue weighted by Crippen LogP contribution is 2.06. The average molecular weight is 225 g/mol. The molecule has 86 valence electrons. The summed E-state index contributed by atoms with van der Waals surface area (Å²) >= 11 is 0. The molecule has 1 atom stereocenters. The molecule has 0 aliphatic heterocycles. The van der Waals surface area contributed by atoms with Crippen molar-refractivity contribution in [1.82, 2.24) is 0 Å². The number of hydrogen-bond donors (Lipinski definition) is 0. The van der Waals surface area contributed by atoms with Crippen LogP contribution in [0.5, 0.6) is 0 Å². The van der Waals surface area contributed by atoms with Crippen LogP contribution in [0.2, 0.25) is 0 Å². The van der Waals surface area contributed by atoms with E-state index in [4.69, 9.17) is 4.74 Å². The summed E-state index contributed by atoms with van der Waals surface area (Å²) in [6, 6.07) is 8.92. The number of nitro groups is 1. The van der Waals surface area contributed by atoms with Gasteiger partial charge in [0.1, 0.15) is 0 Å². The van der Waals surface area contributed by atoms with E-state index in [-0.39, 0.29) is 12.9 Å². The van der Waals surface area contributed by atoms with Gasteiger partial charge in [-0.1, -0.05) is 30.3 Å². The van der Waals surface area contributed by atoms with Gasteiger partial charge in [-0.15, -0.1) is 0 Å². The van der Waals surface area contributed by atoms with Gasteiger partial charge in [0.25, 0.3) is 6.47 Å². The molecule has 0 heterocycles. The fraction of sp³-hybridized carbons (Fsp3) is 0.300. The van der Waals surface area contributed by atoms with Crippen molar-refractivity contribution in [2.24, 2.45) is 0 Å². The summed E-state index contributed by atoms with van der Waals surface area (Å²) in [7, 11) is 0. The summed E-state index contributed by atoms with van der Waals surface area (Å²) in [5, 5.41) is 10.6. The monoisotopic (exact) mass is 225 g/mol. The third kappa shape index (κ3) is 4.05. The second-order valence-electron chi connectivity index (χ2n) is 2.98. The van der Waals surface area contributed by atoms with Gasteiger partial charge in [0, 0.05) is 0 Å². The predicted molar refractivity (Wildman–Crippen MR) is 54.0 cm³/mol. The lowest BCUT2D eigenvalue weighted by atomic mass is 10.1. The number of nitrogens with zero attached hydrogens (tertiary/aromatic N) is 1. The van der Waals surface area contributed by atoms with Crippen molar-refractivity contribution in [3.05, 3.63) is 46.0 Å². The Morgan fingerprint density at radius 3 is 2.62 bits per heavy atom. The van der Waals surface area contributed by atoms with E-state index in [9.17, 15) is 14.9 Å². The highest BCUT2D eigenvalue weighted by molar-refractivity contribution is 5.36. The minimum absolute atomic E-state index is 0.135. The Bertz CT molecular complexity index is 340. The highest BCUT2D eigenvalue weighted by Gasteiger charge is 2.21. The van der Waals surface area contributed by atoms with Crippen LogP contribution in [-0.2, 0) is 20.7 Å². The Balaban J connectivity index is 2.51. The number of carbonyl (C=O) groups is 1. The van der Waals surface area contributed by atoms with Gasteiger partial charge < -0.3 is 4.74 Å². The molecule has 0 saturated heterocycles. The van der Waals surface area contributed by atoms with Gasteiger partial charge in [-0.3, -0.25) is 19.6 Å². The molecule has 6 nitrogen and oxygen atoms in total. The van der Waals surface area contributed by atoms with Crippen molar-refractivity contribution < 1.29 is 19.2 Å². The molecular weight excluding hydrogens is 214 g/mol. The average Bonchev–Trinajstić information content (AvgIpc) is 2.29. The van der Waals surface area contributed by atoms with Crippen LogP contribution < -0.4 is 0 Å². The quantitative estimate of drug-likeness (QED) is 0.227. The zero-order valence-corrected chi connectivity index (χ0v) is 8.44. The lowest BCUT2D eigenvalue weighted by molar-refractivity contribution is -0.579. The third-order valence-electron chi connectivity index (χ3n) is 1.88. The molecule has 0 spiro atoms. The minimum atomic E-state index is -1.21. The van der Waals surface area contributed by atoms with Crippen LogP contribution >= 0.6 is 0 Å². The maximum absolute atomic E-state index is 10.6. The van der Waals surface area contributed by atoms with E-state index in [1.807, 2.05) is 6.07 Å². The molecule has 1 rings (SSSR count). The van der Waals surface area contributed by atoms with Gasteiger partial charge in [0.05, 0.1) is 11.3 Å². The normalized spacial score (nSPS) is 11.8. The molecule has 0 radical (unpaired) electrons. The predicted octanol–water partition coefficient (Wildman–Crippen LogP) is 0.979. The van der Waals surface area contributed by atoms with E-state index in [0.29, 0.717) is 0 Å². The smallest absolute Gasteiger partial charge is 0.322 e. The molecule has 6 heteroatoms. The topological polar surface area (TPSA) is 78.7 Å². The Morgan fingerprint density at radius 2 is 2.06 bits per heavy atom. The van der Waals surface area contributed by atoms with Gasteiger partial charge >= 0.3 is 6.23 Å². The van der Waals surface area contributed by atoms with E-state index in [1.165, 1.54) is 0 Å². The summed E-state index contributed by atoms with van der Waals surface area (Å²) < 4.78 is 9.04. The zero-order valence-electron chi connectivity index (χ0n) is 8.44. The van der Waals surface area contributed by atoms with Crippen LogP contribution in [0.15, 0.2) is 30.3 Å². The largest absolute Gasteiger partial charge is 0.440 e. The van der Waals surface area contributed by atoms with Crippen molar-refractivity contribution in [3.8, 4) is 0 Å². The molecule has 0 fully saturated rings. The summed E-state index contributed by atoms with van der Waals surface area (Å²) in [6.45, 7) is -0.235. The molecule has 0 bridgehead atoms. The molecular formula is C10H11NO5. The maximum atomic E-state index is 10.6. The fourth-order valence-corrected chi connectivity index (χ4v) is 1.16. The number of hydrogen-bond acceptors (Lipinski definition) is 5. The Hall–Kier alpha value is -1.95. The lowest BCUT2D eigenvalue weighted by Gasteiger charge is -2.09. The standard InChI is InChI=1S/C10H11NO5/c12-7-15-8-16-10(11(13)14)6-9-4-2-1-3-5-9/h1-5,7,10H,6,8H2. The van der Waals surface area contributed by atoms with Crippen molar-refractivity contribution in [2.75, 3.05) is 6.79 Å². The Labute approximate surface area is 91.9 Å². The van der Waals surface area contributed by atoms with Crippen molar-refractivity contribution in [2.45, 2.75) is 12.6 Å². The van der Waals surface area contributed by atoms with E-state index < -0.39 is 17.9 Å². The molecule has 0 N–H and O–H groups in total. The maximum Gasteiger partial charge on any atom is 0.322 e. The van der Waals surface area contributed by atoms with Crippen molar-refractivity contribution in [3.63, 3.8) is 0 Å². The van der Waals surface area contributed by atoms with Gasteiger partial charge in [-0.2, -0.15) is 0 Å². The number of benzene rings is 1. The van der Waals surface area contributed by atoms with Gasteiger partial charge in [0.15, 0.2) is 6.79 Å². The summed E-state index contributed by atoms with van der Waals surface area (Å²) in [4.78, 5) is 19.9. The van der Waals surface area contributed by atoms with Crippen LogP contribution in [0.25, 0.3) is 0 Å². The number of carbonyl (C=O) groups excluding carboxylic acids is 1. The van der Waals surface area contributed by atoms with Crippen molar-refractivity contribution in [1.29, 1.82) is 0 Å². The Morgan fingerprint density at radius 1 is 1.38 bits per heavy atom. The van der Waals surface area contributed by atoms with E-state index in [0.717, 1.165) is 5.56 Å². The van der Waals surface area contributed by atoms with E-state index >= 15 is 0 Å². The van der Waals surface area contributed by atoms with E-state index in [1.54, 1.807) is 24.3 Å². The van der Waals surface area contributed by atoms with Crippen molar-refractivity contribution >= 4 is 6.47 Å². The molecule has 1 aromatic rings. The Kier molecular flexibility index (Phi) is 4.94. The first-order valence-electron chi connectivity index (χ1n) is 4.58. The molecule has 0 aliphatic carbocycles.